The zero-order valence-electron chi connectivity index (χ0n) is 16.8. The lowest BCUT2D eigenvalue weighted by molar-refractivity contribution is -0.121. The summed E-state index contributed by atoms with van der Waals surface area (Å²) in [4.78, 5) is 12.8. The highest BCUT2D eigenvalue weighted by atomic mass is 32.2. The van der Waals surface area contributed by atoms with Crippen molar-refractivity contribution in [3.63, 3.8) is 0 Å². The minimum Gasteiger partial charge on any atom is -0.352 e. The van der Waals surface area contributed by atoms with Gasteiger partial charge in [-0.15, -0.1) is 10.2 Å². The van der Waals surface area contributed by atoms with E-state index in [1.165, 1.54) is 49.4 Å². The van der Waals surface area contributed by atoms with Crippen LogP contribution < -0.4 is 5.32 Å². The van der Waals surface area contributed by atoms with Crippen LogP contribution in [0.5, 0.6) is 0 Å². The molecule has 28 heavy (non-hydrogen) atoms. The molecule has 5 nitrogen and oxygen atoms in total. The van der Waals surface area contributed by atoms with E-state index < -0.39 is 0 Å². The number of nitrogens with one attached hydrogen (secondary N) is 1. The average molecular weight is 399 g/mol. The Labute approximate surface area is 171 Å². The fraction of sp³-hybridized carbons (Fsp3) is 0.591. The van der Waals surface area contributed by atoms with E-state index in [-0.39, 0.29) is 11.2 Å². The second-order valence-electron chi connectivity index (χ2n) is 8.32. The van der Waals surface area contributed by atoms with Crippen molar-refractivity contribution in [1.29, 1.82) is 0 Å². The predicted octanol–water partition coefficient (Wildman–Crippen LogP) is 4.38. The summed E-state index contributed by atoms with van der Waals surface area (Å²) in [5.41, 5.74) is 1.24. The molecule has 2 saturated carbocycles. The number of benzene rings is 1. The van der Waals surface area contributed by atoms with Crippen molar-refractivity contribution in [3.8, 4) is 0 Å². The van der Waals surface area contributed by atoms with Gasteiger partial charge in [0.2, 0.25) is 5.91 Å². The van der Waals surface area contributed by atoms with Gasteiger partial charge >= 0.3 is 0 Å². The number of nitrogens with zero attached hydrogens (tertiary/aromatic N) is 3. The van der Waals surface area contributed by atoms with Crippen LogP contribution in [0, 0.1) is 5.92 Å². The van der Waals surface area contributed by atoms with E-state index in [0.717, 1.165) is 23.9 Å². The first-order chi connectivity index (χ1) is 13.6. The fourth-order valence-corrected chi connectivity index (χ4v) is 4.85. The standard InChI is InChI=1S/C22H30N4OS/c1-15-8-6-7-11-19(15)23-21(27)16(2)28-22-25-24-20(18-12-13-18)26(22)14-17-9-4-3-5-10-17/h3-5,9-10,15-16,18-19H,6-8,11-14H2,1-2H3,(H,23,27)/t15-,16+,19+/m0/s1. The number of hydrogen-bond donors (Lipinski definition) is 1. The van der Waals surface area contributed by atoms with Gasteiger partial charge in [-0.05, 0) is 44.1 Å². The molecule has 2 aromatic rings. The van der Waals surface area contributed by atoms with E-state index >= 15 is 0 Å². The molecule has 6 heteroatoms. The minimum atomic E-state index is -0.181. The summed E-state index contributed by atoms with van der Waals surface area (Å²) >= 11 is 1.53. The van der Waals surface area contributed by atoms with Crippen LogP contribution in [0.1, 0.15) is 69.7 Å². The molecule has 2 aliphatic rings. The molecule has 1 aromatic carbocycles. The highest BCUT2D eigenvalue weighted by Crippen LogP contribution is 2.40. The van der Waals surface area contributed by atoms with E-state index in [1.54, 1.807) is 0 Å². The number of hydrogen-bond acceptors (Lipinski definition) is 4. The highest BCUT2D eigenvalue weighted by molar-refractivity contribution is 8.00. The first-order valence-corrected chi connectivity index (χ1v) is 11.4. The Balaban J connectivity index is 1.45. The topological polar surface area (TPSA) is 59.8 Å². The molecule has 150 valence electrons. The van der Waals surface area contributed by atoms with Crippen LogP contribution in [0.2, 0.25) is 0 Å². The zero-order valence-corrected chi connectivity index (χ0v) is 17.6. The average Bonchev–Trinajstić information content (AvgIpc) is 3.47. The molecule has 0 radical (unpaired) electrons. The van der Waals surface area contributed by atoms with E-state index in [4.69, 9.17) is 0 Å². The molecule has 0 spiro atoms. The van der Waals surface area contributed by atoms with Crippen LogP contribution in [0.15, 0.2) is 35.5 Å². The molecule has 2 fully saturated rings. The molecule has 0 unspecified atom stereocenters. The largest absolute Gasteiger partial charge is 0.352 e. The molecule has 1 aromatic heterocycles. The van der Waals surface area contributed by atoms with Crippen molar-refractivity contribution >= 4 is 17.7 Å². The molecular formula is C22H30N4OS. The number of carbonyl (C=O) groups excluding carboxylic acids is 1. The van der Waals surface area contributed by atoms with Crippen LogP contribution in [0.4, 0.5) is 0 Å². The zero-order chi connectivity index (χ0) is 19.5. The van der Waals surface area contributed by atoms with Crippen molar-refractivity contribution in [3.05, 3.63) is 41.7 Å². The van der Waals surface area contributed by atoms with Crippen LogP contribution in [0.3, 0.4) is 0 Å². The molecule has 0 aliphatic heterocycles. The maximum absolute atomic E-state index is 12.8. The lowest BCUT2D eigenvalue weighted by atomic mass is 9.86. The lowest BCUT2D eigenvalue weighted by Gasteiger charge is -2.30. The van der Waals surface area contributed by atoms with E-state index in [0.29, 0.717) is 17.9 Å². The molecule has 1 heterocycles. The molecule has 1 amide bonds. The van der Waals surface area contributed by atoms with Crippen molar-refractivity contribution in [1.82, 2.24) is 20.1 Å². The van der Waals surface area contributed by atoms with Gasteiger partial charge in [-0.1, -0.05) is 61.9 Å². The molecule has 0 bridgehead atoms. The Morgan fingerprint density at radius 3 is 2.64 bits per heavy atom. The summed E-state index contributed by atoms with van der Waals surface area (Å²) in [6, 6.07) is 10.7. The second kappa shape index (κ2) is 8.68. The highest BCUT2D eigenvalue weighted by Gasteiger charge is 2.32. The minimum absolute atomic E-state index is 0.117. The summed E-state index contributed by atoms with van der Waals surface area (Å²) in [7, 11) is 0. The number of aromatic nitrogens is 3. The molecule has 0 saturated heterocycles. The maximum atomic E-state index is 12.8. The molecular weight excluding hydrogens is 368 g/mol. The molecule has 3 atom stereocenters. The fourth-order valence-electron chi connectivity index (χ4n) is 3.99. The SMILES string of the molecule is C[C@@H](Sc1nnc(C2CC2)n1Cc1ccccc1)C(=O)N[C@@H]1CCCC[C@@H]1C. The van der Waals surface area contributed by atoms with E-state index in [2.05, 4.69) is 51.3 Å². The van der Waals surface area contributed by atoms with Gasteiger partial charge in [0.1, 0.15) is 5.82 Å². The number of carbonyl (C=O) groups is 1. The summed E-state index contributed by atoms with van der Waals surface area (Å²) in [5, 5.41) is 12.9. The summed E-state index contributed by atoms with van der Waals surface area (Å²) < 4.78 is 2.21. The number of thioether (sulfide) groups is 1. The second-order valence-corrected chi connectivity index (χ2v) is 9.63. The van der Waals surface area contributed by atoms with E-state index in [1.807, 2.05) is 13.0 Å². The van der Waals surface area contributed by atoms with Gasteiger partial charge in [0.15, 0.2) is 5.16 Å². The Morgan fingerprint density at radius 1 is 1.18 bits per heavy atom. The monoisotopic (exact) mass is 398 g/mol. The van der Waals surface area contributed by atoms with Crippen molar-refractivity contribution in [2.45, 2.75) is 81.3 Å². The summed E-state index contributed by atoms with van der Waals surface area (Å²) in [5.74, 6) is 2.28. The van der Waals surface area contributed by atoms with Gasteiger partial charge in [0.25, 0.3) is 0 Å². The number of rotatable bonds is 7. The molecule has 2 aliphatic carbocycles. The third-order valence-corrected chi connectivity index (χ3v) is 7.04. The normalized spacial score (nSPS) is 23.4. The quantitative estimate of drug-likeness (QED) is 0.703. The Hall–Kier alpha value is -1.82. The van der Waals surface area contributed by atoms with Crippen molar-refractivity contribution in [2.75, 3.05) is 0 Å². The first-order valence-electron chi connectivity index (χ1n) is 10.6. The first kappa shape index (κ1) is 19.5. The van der Waals surface area contributed by atoms with Crippen molar-refractivity contribution < 1.29 is 4.79 Å². The Bertz CT molecular complexity index is 802. The van der Waals surface area contributed by atoms with Gasteiger partial charge in [-0.3, -0.25) is 4.79 Å². The summed E-state index contributed by atoms with van der Waals surface area (Å²) in [6.07, 6.45) is 7.18. The molecule has 4 rings (SSSR count). The van der Waals surface area contributed by atoms with E-state index in [9.17, 15) is 4.79 Å². The van der Waals surface area contributed by atoms with Gasteiger partial charge in [-0.25, -0.2) is 0 Å². The Kier molecular flexibility index (Phi) is 6.04. The van der Waals surface area contributed by atoms with Crippen LogP contribution in [-0.4, -0.2) is 32.0 Å². The third kappa shape index (κ3) is 4.59. The Morgan fingerprint density at radius 2 is 1.93 bits per heavy atom. The van der Waals surface area contributed by atoms with Crippen LogP contribution >= 0.6 is 11.8 Å². The predicted molar refractivity (Wildman–Crippen MR) is 112 cm³/mol. The van der Waals surface area contributed by atoms with Gasteiger partial charge < -0.3 is 9.88 Å². The summed E-state index contributed by atoms with van der Waals surface area (Å²) in [6.45, 7) is 4.99. The smallest absolute Gasteiger partial charge is 0.233 e. The maximum Gasteiger partial charge on any atom is 0.233 e. The van der Waals surface area contributed by atoms with Gasteiger partial charge in [0, 0.05) is 12.0 Å². The van der Waals surface area contributed by atoms with Crippen molar-refractivity contribution in [2.24, 2.45) is 5.92 Å². The van der Waals surface area contributed by atoms with Crippen LogP contribution in [0.25, 0.3) is 0 Å². The number of amides is 1. The van der Waals surface area contributed by atoms with Gasteiger partial charge in [0.05, 0.1) is 11.8 Å². The van der Waals surface area contributed by atoms with Crippen LogP contribution in [-0.2, 0) is 11.3 Å². The van der Waals surface area contributed by atoms with Gasteiger partial charge in [-0.2, -0.15) is 0 Å². The lowest BCUT2D eigenvalue weighted by Crippen LogP contribution is -2.44. The third-order valence-electron chi connectivity index (χ3n) is 5.96. The molecule has 1 N–H and O–H groups in total.